The molecule has 0 heterocycles. The molecule has 1 amide bonds. The van der Waals surface area contributed by atoms with Crippen molar-refractivity contribution in [2.45, 2.75) is 40.0 Å². The van der Waals surface area contributed by atoms with Gasteiger partial charge in [-0.2, -0.15) is 0 Å². The van der Waals surface area contributed by atoms with Gasteiger partial charge >= 0.3 is 0 Å². The van der Waals surface area contributed by atoms with Gasteiger partial charge in [0.15, 0.2) is 0 Å². The molecule has 0 saturated carbocycles. The zero-order chi connectivity index (χ0) is 10.1. The van der Waals surface area contributed by atoms with Crippen LogP contribution in [0.2, 0.25) is 0 Å². The lowest BCUT2D eigenvalue weighted by atomic mass is 10.1. The van der Waals surface area contributed by atoms with Crippen LogP contribution < -0.4 is 5.32 Å². The third kappa shape index (κ3) is 6.38. The number of carbonyl (C=O) groups is 1. The number of amides is 1. The largest absolute Gasteiger partial charge is 0.356 e. The van der Waals surface area contributed by atoms with Crippen LogP contribution in [-0.4, -0.2) is 12.5 Å². The van der Waals surface area contributed by atoms with Crippen LogP contribution in [0.15, 0.2) is 12.2 Å². The van der Waals surface area contributed by atoms with E-state index >= 15 is 0 Å². The molecule has 2 nitrogen and oxygen atoms in total. The van der Waals surface area contributed by atoms with E-state index in [9.17, 15) is 4.79 Å². The molecule has 0 rings (SSSR count). The molecule has 0 saturated heterocycles. The van der Waals surface area contributed by atoms with E-state index in [1.165, 1.54) is 0 Å². The van der Waals surface area contributed by atoms with Crippen molar-refractivity contribution in [2.75, 3.05) is 6.54 Å². The number of hydrogen-bond donors (Lipinski definition) is 1. The monoisotopic (exact) mass is 183 g/mol. The van der Waals surface area contributed by atoms with E-state index in [-0.39, 0.29) is 11.8 Å². The van der Waals surface area contributed by atoms with E-state index in [1.54, 1.807) is 0 Å². The maximum atomic E-state index is 11.4. The smallest absolute Gasteiger partial charge is 0.223 e. The minimum absolute atomic E-state index is 0.105. The zero-order valence-electron chi connectivity index (χ0n) is 8.97. The molecule has 0 radical (unpaired) electrons. The lowest BCUT2D eigenvalue weighted by molar-refractivity contribution is -0.124. The third-order valence-corrected chi connectivity index (χ3v) is 2.00. The van der Waals surface area contributed by atoms with Crippen LogP contribution >= 0.6 is 0 Å². The molecule has 1 atom stereocenters. The van der Waals surface area contributed by atoms with Gasteiger partial charge in [0.1, 0.15) is 0 Å². The van der Waals surface area contributed by atoms with Crippen molar-refractivity contribution in [3.63, 3.8) is 0 Å². The van der Waals surface area contributed by atoms with Crippen molar-refractivity contribution in [3.8, 4) is 0 Å². The summed E-state index contributed by atoms with van der Waals surface area (Å²) >= 11 is 0. The minimum Gasteiger partial charge on any atom is -0.356 e. The number of carbonyl (C=O) groups excluding carboxylic acids is 1. The van der Waals surface area contributed by atoms with Gasteiger partial charge in [-0.25, -0.2) is 0 Å². The molecule has 0 aromatic carbocycles. The van der Waals surface area contributed by atoms with Crippen molar-refractivity contribution in [2.24, 2.45) is 5.92 Å². The summed E-state index contributed by atoms with van der Waals surface area (Å²) in [7, 11) is 0. The summed E-state index contributed by atoms with van der Waals surface area (Å²) in [6.45, 7) is 6.87. The predicted molar refractivity (Wildman–Crippen MR) is 56.5 cm³/mol. The Morgan fingerprint density at radius 3 is 2.77 bits per heavy atom. The van der Waals surface area contributed by atoms with Crippen LogP contribution in [-0.2, 0) is 4.79 Å². The van der Waals surface area contributed by atoms with Crippen molar-refractivity contribution in [1.82, 2.24) is 5.32 Å². The van der Waals surface area contributed by atoms with Crippen LogP contribution in [0.5, 0.6) is 0 Å². The second-order valence-corrected chi connectivity index (χ2v) is 3.35. The summed E-state index contributed by atoms with van der Waals surface area (Å²) in [6, 6.07) is 0. The molecule has 0 aromatic rings. The Bertz CT molecular complexity index is 163. The van der Waals surface area contributed by atoms with E-state index in [4.69, 9.17) is 0 Å². The molecular weight excluding hydrogens is 162 g/mol. The molecule has 76 valence electrons. The third-order valence-electron chi connectivity index (χ3n) is 2.00. The lowest BCUT2D eigenvalue weighted by Crippen LogP contribution is -2.29. The fourth-order valence-electron chi connectivity index (χ4n) is 1.01. The Kier molecular flexibility index (Phi) is 7.36. The Labute approximate surface area is 81.4 Å². The number of allylic oxidation sites excluding steroid dienone is 2. The zero-order valence-corrected chi connectivity index (χ0v) is 8.97. The maximum absolute atomic E-state index is 11.4. The maximum Gasteiger partial charge on any atom is 0.223 e. The summed E-state index contributed by atoms with van der Waals surface area (Å²) in [5.74, 6) is 0.277. The average Bonchev–Trinajstić information content (AvgIpc) is 2.14. The lowest BCUT2D eigenvalue weighted by Gasteiger charge is -2.09. The van der Waals surface area contributed by atoms with Gasteiger partial charge in [-0.3, -0.25) is 4.79 Å². The van der Waals surface area contributed by atoms with Crippen LogP contribution in [0.1, 0.15) is 40.0 Å². The highest BCUT2D eigenvalue weighted by atomic mass is 16.1. The molecule has 0 aliphatic rings. The van der Waals surface area contributed by atoms with Crippen LogP contribution in [0.4, 0.5) is 0 Å². The first-order valence-electron chi connectivity index (χ1n) is 5.11. The van der Waals surface area contributed by atoms with Gasteiger partial charge < -0.3 is 5.32 Å². The highest BCUT2D eigenvalue weighted by molar-refractivity contribution is 5.78. The molecule has 0 bridgehead atoms. The van der Waals surface area contributed by atoms with Gasteiger partial charge in [0, 0.05) is 12.5 Å². The molecule has 1 N–H and O–H groups in total. The molecule has 0 spiro atoms. The number of nitrogens with one attached hydrogen (secondary N) is 1. The van der Waals surface area contributed by atoms with E-state index in [0.29, 0.717) is 0 Å². The fourth-order valence-corrected chi connectivity index (χ4v) is 1.01. The highest BCUT2D eigenvalue weighted by Gasteiger charge is 2.09. The molecule has 2 heteroatoms. The molecule has 0 aliphatic carbocycles. The summed E-state index contributed by atoms with van der Waals surface area (Å²) in [6.07, 6.45) is 7.06. The second-order valence-electron chi connectivity index (χ2n) is 3.35. The molecule has 13 heavy (non-hydrogen) atoms. The first-order chi connectivity index (χ1) is 6.22. The molecule has 0 unspecified atom stereocenters. The average molecular weight is 183 g/mol. The van der Waals surface area contributed by atoms with Crippen molar-refractivity contribution >= 4 is 5.91 Å². The van der Waals surface area contributed by atoms with Crippen LogP contribution in [0.3, 0.4) is 0 Å². The summed E-state index contributed by atoms with van der Waals surface area (Å²) in [5, 5.41) is 2.92. The van der Waals surface area contributed by atoms with Gasteiger partial charge in [0.25, 0.3) is 0 Å². The Morgan fingerprint density at radius 1 is 1.54 bits per heavy atom. The Morgan fingerprint density at radius 2 is 2.23 bits per heavy atom. The Balaban J connectivity index is 3.56. The van der Waals surface area contributed by atoms with Crippen molar-refractivity contribution in [1.29, 1.82) is 0 Å². The first kappa shape index (κ1) is 12.2. The van der Waals surface area contributed by atoms with Gasteiger partial charge in [-0.1, -0.05) is 32.4 Å². The van der Waals surface area contributed by atoms with Crippen molar-refractivity contribution < 1.29 is 4.79 Å². The second kappa shape index (κ2) is 7.84. The predicted octanol–water partition coefficient (Wildman–Crippen LogP) is 2.51. The topological polar surface area (TPSA) is 29.1 Å². The van der Waals surface area contributed by atoms with E-state index in [0.717, 1.165) is 25.8 Å². The first-order valence-corrected chi connectivity index (χ1v) is 5.11. The van der Waals surface area contributed by atoms with Gasteiger partial charge in [0.2, 0.25) is 5.91 Å². The number of hydrogen-bond acceptors (Lipinski definition) is 1. The Hall–Kier alpha value is -0.790. The van der Waals surface area contributed by atoms with Gasteiger partial charge in [0.05, 0.1) is 0 Å². The quantitative estimate of drug-likeness (QED) is 0.497. The molecule has 0 fully saturated rings. The summed E-state index contributed by atoms with van der Waals surface area (Å²) in [5.41, 5.74) is 0. The molecule has 0 aromatic heterocycles. The SMILES string of the molecule is CC=CC[C@@H](C)C(=O)NCCCC. The standard InChI is InChI=1S/C11H21NO/c1-4-6-8-10(3)11(13)12-9-7-5-2/h4,6,10H,5,7-9H2,1-3H3,(H,12,13)/t10-/m1/s1. The van der Waals surface area contributed by atoms with Gasteiger partial charge in [-0.05, 0) is 19.8 Å². The normalized spacial score (nSPS) is 13.2. The van der Waals surface area contributed by atoms with Gasteiger partial charge in [-0.15, -0.1) is 0 Å². The van der Waals surface area contributed by atoms with E-state index < -0.39 is 0 Å². The van der Waals surface area contributed by atoms with E-state index in [1.807, 2.05) is 26.0 Å². The molecular formula is C11H21NO. The van der Waals surface area contributed by atoms with Crippen molar-refractivity contribution in [3.05, 3.63) is 12.2 Å². The van der Waals surface area contributed by atoms with Crippen LogP contribution in [0, 0.1) is 5.92 Å². The van der Waals surface area contributed by atoms with Crippen LogP contribution in [0.25, 0.3) is 0 Å². The number of unbranched alkanes of at least 4 members (excludes halogenated alkanes) is 1. The summed E-state index contributed by atoms with van der Waals surface area (Å²) < 4.78 is 0. The molecule has 0 aliphatic heterocycles. The van der Waals surface area contributed by atoms with E-state index in [2.05, 4.69) is 12.2 Å². The number of rotatable bonds is 6. The highest BCUT2D eigenvalue weighted by Crippen LogP contribution is 2.02. The minimum atomic E-state index is 0.105. The summed E-state index contributed by atoms with van der Waals surface area (Å²) in [4.78, 5) is 11.4. The fraction of sp³-hybridized carbons (Fsp3) is 0.727.